The molecule has 1 N–H and O–H groups in total. The lowest BCUT2D eigenvalue weighted by Gasteiger charge is -2.54. The fourth-order valence-electron chi connectivity index (χ4n) is 5.15. The van der Waals surface area contributed by atoms with E-state index in [1.54, 1.807) is 26.9 Å². The third-order valence-corrected chi connectivity index (χ3v) is 7.52. The van der Waals surface area contributed by atoms with Crippen molar-refractivity contribution in [3.63, 3.8) is 0 Å². The molecule has 3 aromatic carbocycles. The van der Waals surface area contributed by atoms with Crippen LogP contribution in [0.25, 0.3) is 0 Å². The van der Waals surface area contributed by atoms with Crippen molar-refractivity contribution in [3.8, 4) is 0 Å². The van der Waals surface area contributed by atoms with E-state index in [4.69, 9.17) is 0 Å². The molecule has 0 bridgehead atoms. The molecule has 2 heterocycles. The average molecular weight is 576 g/mol. The van der Waals surface area contributed by atoms with Gasteiger partial charge in [-0.05, 0) is 28.8 Å². The topological polar surface area (TPSA) is 76.2 Å². The molecule has 9 heteroatoms. The van der Waals surface area contributed by atoms with E-state index in [9.17, 15) is 14.4 Å². The van der Waals surface area contributed by atoms with Crippen LogP contribution in [0, 0.1) is 0 Å². The second kappa shape index (κ2) is 11.4. The smallest absolute Gasteiger partial charge is 0.333 e. The molecule has 8 nitrogen and oxygen atoms in total. The first-order valence-corrected chi connectivity index (χ1v) is 13.4. The molecule has 2 aliphatic heterocycles. The molecule has 5 rings (SSSR count). The number of fused-ring (bicyclic) bond motifs is 1. The van der Waals surface area contributed by atoms with E-state index < -0.39 is 12.2 Å². The minimum absolute atomic E-state index is 0.0134. The number of amides is 4. The Balaban J connectivity index is 1.43. The van der Waals surface area contributed by atoms with Crippen LogP contribution in [0.5, 0.6) is 0 Å². The standard InChI is InChI=1S/C29H30BrN5O3/c1-32-20-27(36)34-25(16-21-8-4-2-5-9-21)28(37)33(18-23-10-6-3-7-11-23)19-26(34)35(32)29(38)31-17-22-12-14-24(30)15-13-22/h2-15,25-26H,16-20H2,1H3,(H,31,38)/t25?,26-/m1/s1. The van der Waals surface area contributed by atoms with Crippen molar-refractivity contribution in [1.82, 2.24) is 25.1 Å². The van der Waals surface area contributed by atoms with Gasteiger partial charge < -0.3 is 15.1 Å². The summed E-state index contributed by atoms with van der Waals surface area (Å²) in [6, 6.07) is 26.2. The van der Waals surface area contributed by atoms with Gasteiger partial charge in [-0.3, -0.25) is 9.59 Å². The molecule has 0 radical (unpaired) electrons. The zero-order valence-corrected chi connectivity index (χ0v) is 22.8. The number of halogens is 1. The molecule has 38 heavy (non-hydrogen) atoms. The molecular weight excluding hydrogens is 546 g/mol. The molecule has 3 aromatic rings. The quantitative estimate of drug-likeness (QED) is 0.487. The summed E-state index contributed by atoms with van der Waals surface area (Å²) in [5.41, 5.74) is 2.92. The maximum absolute atomic E-state index is 13.8. The summed E-state index contributed by atoms with van der Waals surface area (Å²) in [5.74, 6) is -0.273. The third kappa shape index (κ3) is 5.58. The molecule has 2 fully saturated rings. The van der Waals surface area contributed by atoms with Gasteiger partial charge in [0.05, 0.1) is 13.1 Å². The van der Waals surface area contributed by atoms with Crippen molar-refractivity contribution < 1.29 is 14.4 Å². The summed E-state index contributed by atoms with van der Waals surface area (Å²) in [6.45, 7) is 0.985. The Morgan fingerprint density at radius 1 is 0.895 bits per heavy atom. The van der Waals surface area contributed by atoms with Gasteiger partial charge in [-0.1, -0.05) is 88.7 Å². The fraction of sp³-hybridized carbons (Fsp3) is 0.276. The predicted molar refractivity (Wildman–Crippen MR) is 147 cm³/mol. The van der Waals surface area contributed by atoms with E-state index in [2.05, 4.69) is 21.2 Å². The van der Waals surface area contributed by atoms with Crippen molar-refractivity contribution in [2.24, 2.45) is 0 Å². The number of piperazine rings is 1. The summed E-state index contributed by atoms with van der Waals surface area (Å²) in [6.07, 6.45) is -0.244. The van der Waals surface area contributed by atoms with Crippen LogP contribution in [0.1, 0.15) is 16.7 Å². The van der Waals surface area contributed by atoms with Crippen molar-refractivity contribution in [2.75, 3.05) is 20.1 Å². The van der Waals surface area contributed by atoms with Crippen LogP contribution in [0.15, 0.2) is 89.4 Å². The number of nitrogens with zero attached hydrogens (tertiary/aromatic N) is 4. The second-order valence-electron chi connectivity index (χ2n) is 9.64. The summed E-state index contributed by atoms with van der Waals surface area (Å²) in [4.78, 5) is 44.1. The molecule has 4 amide bonds. The lowest BCUT2D eigenvalue weighted by Crippen LogP contribution is -2.76. The second-order valence-corrected chi connectivity index (χ2v) is 10.6. The number of likely N-dealkylation sites (N-methyl/N-ethyl adjacent to an activating group) is 1. The zero-order chi connectivity index (χ0) is 26.6. The molecule has 0 saturated carbocycles. The Hall–Kier alpha value is -3.69. The lowest BCUT2D eigenvalue weighted by atomic mass is 9.98. The van der Waals surface area contributed by atoms with E-state index in [1.807, 2.05) is 84.9 Å². The van der Waals surface area contributed by atoms with Gasteiger partial charge in [-0.2, -0.15) is 0 Å². The van der Waals surface area contributed by atoms with Crippen molar-refractivity contribution >= 4 is 33.8 Å². The monoisotopic (exact) mass is 575 g/mol. The van der Waals surface area contributed by atoms with Gasteiger partial charge in [0.15, 0.2) is 0 Å². The molecular formula is C29H30BrN5O3. The highest BCUT2D eigenvalue weighted by Crippen LogP contribution is 2.28. The summed E-state index contributed by atoms with van der Waals surface area (Å²) in [7, 11) is 1.73. The van der Waals surface area contributed by atoms with Gasteiger partial charge in [0, 0.05) is 31.0 Å². The first-order chi connectivity index (χ1) is 18.4. The van der Waals surface area contributed by atoms with Gasteiger partial charge in [-0.25, -0.2) is 14.8 Å². The van der Waals surface area contributed by atoms with Crippen molar-refractivity contribution in [3.05, 3.63) is 106 Å². The Bertz CT molecular complexity index is 1290. The fourth-order valence-corrected chi connectivity index (χ4v) is 5.41. The maximum Gasteiger partial charge on any atom is 0.334 e. The first-order valence-electron chi connectivity index (χ1n) is 12.6. The maximum atomic E-state index is 13.8. The van der Waals surface area contributed by atoms with Gasteiger partial charge in [0.2, 0.25) is 11.8 Å². The van der Waals surface area contributed by atoms with E-state index in [0.717, 1.165) is 21.2 Å². The van der Waals surface area contributed by atoms with Crippen molar-refractivity contribution in [2.45, 2.75) is 31.7 Å². The molecule has 1 unspecified atom stereocenters. The number of hydrogen-bond donors (Lipinski definition) is 1. The van der Waals surface area contributed by atoms with Gasteiger partial charge in [0.1, 0.15) is 12.2 Å². The predicted octanol–water partition coefficient (Wildman–Crippen LogP) is 3.63. The van der Waals surface area contributed by atoms with Crippen LogP contribution in [-0.4, -0.2) is 70.0 Å². The number of hydrazine groups is 1. The SMILES string of the molecule is CN1CC(=O)N2C(Cc3ccccc3)C(=O)N(Cc3ccccc3)C[C@H]2N1C(=O)NCc1ccc(Br)cc1. The molecule has 0 aliphatic carbocycles. The number of benzene rings is 3. The number of carbonyl (C=O) groups is 3. The van der Waals surface area contributed by atoms with Crippen molar-refractivity contribution in [1.29, 1.82) is 0 Å². The van der Waals surface area contributed by atoms with Crippen LogP contribution in [0.3, 0.4) is 0 Å². The lowest BCUT2D eigenvalue weighted by molar-refractivity contribution is -0.187. The van der Waals surface area contributed by atoms with Gasteiger partial charge in [0.25, 0.3) is 0 Å². The largest absolute Gasteiger partial charge is 0.334 e. The molecule has 2 aliphatic rings. The summed E-state index contributed by atoms with van der Waals surface area (Å²) >= 11 is 3.43. The highest BCUT2D eigenvalue weighted by atomic mass is 79.9. The summed E-state index contributed by atoms with van der Waals surface area (Å²) in [5, 5.41) is 6.23. The van der Waals surface area contributed by atoms with Crippen LogP contribution < -0.4 is 5.32 Å². The minimum atomic E-state index is -0.706. The summed E-state index contributed by atoms with van der Waals surface area (Å²) < 4.78 is 0.965. The average Bonchev–Trinajstić information content (AvgIpc) is 2.91. The van der Waals surface area contributed by atoms with Crippen LogP contribution in [0.2, 0.25) is 0 Å². The number of rotatable bonds is 6. The van der Waals surface area contributed by atoms with E-state index in [1.165, 1.54) is 0 Å². The number of nitrogens with one attached hydrogen (secondary N) is 1. The number of hydrogen-bond acceptors (Lipinski definition) is 4. The van der Waals surface area contributed by atoms with Gasteiger partial charge in [-0.15, -0.1) is 0 Å². The molecule has 0 aromatic heterocycles. The van der Waals surface area contributed by atoms with Crippen LogP contribution in [0.4, 0.5) is 4.79 Å². The van der Waals surface area contributed by atoms with E-state index in [-0.39, 0.29) is 30.9 Å². The first kappa shape index (κ1) is 25.9. The van der Waals surface area contributed by atoms with E-state index in [0.29, 0.717) is 19.5 Å². The Morgan fingerprint density at radius 3 is 2.18 bits per heavy atom. The molecule has 2 atom stereocenters. The zero-order valence-electron chi connectivity index (χ0n) is 21.2. The number of carbonyl (C=O) groups excluding carboxylic acids is 3. The van der Waals surface area contributed by atoms with Crippen LogP contribution in [-0.2, 0) is 29.1 Å². The Labute approximate surface area is 230 Å². The van der Waals surface area contributed by atoms with E-state index >= 15 is 0 Å². The molecule has 196 valence electrons. The highest BCUT2D eigenvalue weighted by Gasteiger charge is 2.50. The highest BCUT2D eigenvalue weighted by molar-refractivity contribution is 9.10. The minimum Gasteiger partial charge on any atom is -0.333 e. The van der Waals surface area contributed by atoms with Gasteiger partial charge >= 0.3 is 6.03 Å². The molecule has 2 saturated heterocycles. The Kier molecular flexibility index (Phi) is 7.76. The molecule has 0 spiro atoms. The van der Waals surface area contributed by atoms with Crippen LogP contribution >= 0.6 is 15.9 Å². The Morgan fingerprint density at radius 2 is 1.53 bits per heavy atom. The normalized spacial score (nSPS) is 19.9. The third-order valence-electron chi connectivity index (χ3n) is 6.99. The number of urea groups is 1.